The summed E-state index contributed by atoms with van der Waals surface area (Å²) in [6, 6.07) is 12.6. The minimum Gasteiger partial charge on any atom is -0.512 e. The van der Waals surface area contributed by atoms with Crippen LogP contribution in [0, 0.1) is 11.8 Å². The van der Waals surface area contributed by atoms with E-state index in [-0.39, 0.29) is 59.7 Å². The fraction of sp³-hybridized carbons (Fsp3) is 0.484. The van der Waals surface area contributed by atoms with Crippen LogP contribution in [0.5, 0.6) is 0 Å². The summed E-state index contributed by atoms with van der Waals surface area (Å²) in [4.78, 5) is 25.3. The molecule has 0 bridgehead atoms. The van der Waals surface area contributed by atoms with Crippen molar-refractivity contribution < 1.29 is 42.4 Å². The van der Waals surface area contributed by atoms with Gasteiger partial charge in [-0.25, -0.2) is 13.2 Å². The molecule has 5 atom stereocenters. The number of hydrogen-bond donors (Lipinski definition) is 4. The molecule has 2 fully saturated rings. The van der Waals surface area contributed by atoms with Crippen LogP contribution in [0.3, 0.4) is 0 Å². The van der Waals surface area contributed by atoms with E-state index in [1.165, 1.54) is 29.4 Å². The second-order valence-electron chi connectivity index (χ2n) is 11.8. The largest absolute Gasteiger partial charge is 0.512 e. The number of anilines is 1. The predicted octanol–water partition coefficient (Wildman–Crippen LogP) is 3.03. The van der Waals surface area contributed by atoms with Crippen molar-refractivity contribution in [3.8, 4) is 0 Å². The van der Waals surface area contributed by atoms with Gasteiger partial charge in [-0.3, -0.25) is 4.79 Å². The van der Waals surface area contributed by atoms with Gasteiger partial charge in [-0.2, -0.15) is 4.31 Å². The van der Waals surface area contributed by atoms with Crippen LogP contribution in [-0.4, -0.2) is 85.8 Å². The maximum Gasteiger partial charge on any atom is 0.407 e. The predicted molar refractivity (Wildman–Crippen MR) is 161 cm³/mol. The molecule has 3 aliphatic rings. The second-order valence-corrected chi connectivity index (χ2v) is 13.8. The third kappa shape index (κ3) is 6.92. The fourth-order valence-electron chi connectivity index (χ4n) is 5.85. The van der Waals surface area contributed by atoms with Crippen molar-refractivity contribution in [1.82, 2.24) is 9.62 Å². The summed E-state index contributed by atoms with van der Waals surface area (Å²) in [6.07, 6.45) is -2.00. The molecule has 0 saturated carbocycles. The lowest BCUT2D eigenvalue weighted by atomic mass is 10.0. The topological polar surface area (TPSA) is 164 Å². The van der Waals surface area contributed by atoms with Gasteiger partial charge in [0, 0.05) is 24.3 Å². The van der Waals surface area contributed by atoms with E-state index in [0.717, 1.165) is 5.56 Å². The van der Waals surface area contributed by atoms with Crippen LogP contribution < -0.4 is 10.6 Å². The molecule has 44 heavy (non-hydrogen) atoms. The van der Waals surface area contributed by atoms with Gasteiger partial charge in [0.05, 0.1) is 41.7 Å². The summed E-state index contributed by atoms with van der Waals surface area (Å²) in [5.41, 5.74) is 1.50. The van der Waals surface area contributed by atoms with Crippen LogP contribution in [0.1, 0.15) is 38.3 Å². The lowest BCUT2D eigenvalue weighted by molar-refractivity contribution is -0.110. The molecule has 2 aromatic carbocycles. The zero-order valence-corrected chi connectivity index (χ0v) is 25.7. The zero-order valence-electron chi connectivity index (χ0n) is 24.9. The molecule has 5 rings (SSSR count). The molecular formula is C31H39N3O9S. The number of hydrogen-bond acceptors (Lipinski definition) is 9. The number of nitrogens with one attached hydrogen (secondary N) is 2. The highest BCUT2D eigenvalue weighted by molar-refractivity contribution is 7.89. The Hall–Kier alpha value is -3.49. The summed E-state index contributed by atoms with van der Waals surface area (Å²) in [6.45, 7) is 5.58. The lowest BCUT2D eigenvalue weighted by Crippen LogP contribution is -2.51. The molecule has 3 aliphatic heterocycles. The summed E-state index contributed by atoms with van der Waals surface area (Å²) in [5.74, 6) is -0.912. The normalized spacial score (nSPS) is 23.7. The van der Waals surface area contributed by atoms with Crippen molar-refractivity contribution in [3.63, 3.8) is 0 Å². The Bertz CT molecular complexity index is 1510. The standard InChI is InChI=1S/C31H39N3O9S/c1-18(2)15-34(44(39,40)21-9-10-24-23(14-21)28(19(3)35)29(37)32-24)16-26(36)25(13-20-7-5-4-6-8-20)33-31(38)43-27-17-42-30-22(27)11-12-41-30/h4-10,14,18,22,25-27,30,35-36H,11-13,15-17H2,1-3H3,(H,32,37)(H,33,38). The Morgan fingerprint density at radius 2 is 1.91 bits per heavy atom. The molecule has 13 heteroatoms. The molecule has 2 amide bonds. The van der Waals surface area contributed by atoms with Gasteiger partial charge in [0.2, 0.25) is 10.0 Å². The Kier molecular flexibility index (Phi) is 9.61. The van der Waals surface area contributed by atoms with Gasteiger partial charge < -0.3 is 35.1 Å². The lowest BCUT2D eigenvalue weighted by Gasteiger charge is -2.31. The van der Waals surface area contributed by atoms with Crippen molar-refractivity contribution in [3.05, 3.63) is 65.4 Å². The third-order valence-electron chi connectivity index (χ3n) is 8.00. The number of alkyl carbamates (subject to hydrolysis) is 1. The molecule has 238 valence electrons. The number of carbonyl (C=O) groups is 2. The number of sulfonamides is 1. The van der Waals surface area contributed by atoms with Crippen molar-refractivity contribution >= 4 is 33.3 Å². The SMILES string of the molecule is CC(O)=C1C(=O)Nc2ccc(S(=O)(=O)N(CC(C)C)CC(O)C(Cc3ccccc3)NC(=O)OC3COC4OCCC34)cc21. The van der Waals surface area contributed by atoms with Crippen molar-refractivity contribution in [2.45, 2.75) is 63.0 Å². The number of rotatable bonds is 11. The Morgan fingerprint density at radius 1 is 1.16 bits per heavy atom. The van der Waals surface area contributed by atoms with Crippen LogP contribution in [0.25, 0.3) is 5.57 Å². The number of nitrogens with zero attached hydrogens (tertiary/aromatic N) is 1. The number of fused-ring (bicyclic) bond motifs is 2. The van der Waals surface area contributed by atoms with Gasteiger partial charge in [-0.05, 0) is 49.4 Å². The Labute approximate surface area is 257 Å². The van der Waals surface area contributed by atoms with E-state index in [9.17, 15) is 28.2 Å². The van der Waals surface area contributed by atoms with E-state index >= 15 is 0 Å². The maximum atomic E-state index is 14.0. The highest BCUT2D eigenvalue weighted by atomic mass is 32.2. The van der Waals surface area contributed by atoms with E-state index in [1.807, 2.05) is 44.2 Å². The number of carbonyl (C=O) groups excluding carboxylic acids is 2. The number of amides is 2. The number of aliphatic hydroxyl groups is 2. The summed E-state index contributed by atoms with van der Waals surface area (Å²) in [5, 5.41) is 27.0. The van der Waals surface area contributed by atoms with Crippen molar-refractivity contribution in [2.75, 3.05) is 31.6 Å². The average molecular weight is 630 g/mol. The first-order valence-electron chi connectivity index (χ1n) is 14.7. The number of ether oxygens (including phenoxy) is 3. The molecule has 2 aromatic rings. The number of benzene rings is 2. The maximum absolute atomic E-state index is 14.0. The van der Waals surface area contributed by atoms with E-state index in [0.29, 0.717) is 18.7 Å². The smallest absolute Gasteiger partial charge is 0.407 e. The van der Waals surface area contributed by atoms with E-state index < -0.39 is 46.6 Å². The van der Waals surface area contributed by atoms with Crippen molar-refractivity contribution in [2.24, 2.45) is 11.8 Å². The summed E-state index contributed by atoms with van der Waals surface area (Å²) in [7, 11) is -4.19. The Balaban J connectivity index is 1.37. The monoisotopic (exact) mass is 629 g/mol. The van der Waals surface area contributed by atoms with Gasteiger partial charge in [0.15, 0.2) is 6.29 Å². The van der Waals surface area contributed by atoms with Crippen LogP contribution >= 0.6 is 0 Å². The number of aliphatic hydroxyl groups excluding tert-OH is 2. The molecule has 0 radical (unpaired) electrons. The quantitative estimate of drug-likeness (QED) is 0.216. The van der Waals surface area contributed by atoms with E-state index in [2.05, 4.69) is 10.6 Å². The molecule has 12 nitrogen and oxygen atoms in total. The molecule has 0 spiro atoms. The molecule has 0 aliphatic carbocycles. The van der Waals surface area contributed by atoms with E-state index in [4.69, 9.17) is 14.2 Å². The van der Waals surface area contributed by atoms with Crippen LogP contribution in [0.2, 0.25) is 0 Å². The third-order valence-corrected chi connectivity index (χ3v) is 9.83. The molecule has 4 N–H and O–H groups in total. The molecular weight excluding hydrogens is 590 g/mol. The first-order chi connectivity index (χ1) is 20.9. The van der Waals surface area contributed by atoms with Gasteiger partial charge in [-0.15, -0.1) is 0 Å². The minimum absolute atomic E-state index is 0.00119. The van der Waals surface area contributed by atoms with Crippen molar-refractivity contribution in [1.29, 1.82) is 0 Å². The first-order valence-corrected chi connectivity index (χ1v) is 16.2. The minimum atomic E-state index is -4.19. The summed E-state index contributed by atoms with van der Waals surface area (Å²) >= 11 is 0. The van der Waals surface area contributed by atoms with Crippen LogP contribution in [-0.2, 0) is 35.4 Å². The van der Waals surface area contributed by atoms with Gasteiger partial charge >= 0.3 is 6.09 Å². The number of allylic oxidation sites excluding steroid dienone is 1. The molecule has 2 saturated heterocycles. The van der Waals surface area contributed by atoms with E-state index in [1.54, 1.807) is 0 Å². The second kappa shape index (κ2) is 13.2. The van der Waals surface area contributed by atoms with Gasteiger partial charge in [0.1, 0.15) is 11.9 Å². The van der Waals surface area contributed by atoms with Gasteiger partial charge in [0.25, 0.3) is 5.91 Å². The molecule has 3 heterocycles. The first kappa shape index (κ1) is 31.9. The molecule has 0 aromatic heterocycles. The molecule has 5 unspecified atom stereocenters. The highest BCUT2D eigenvalue weighted by Crippen LogP contribution is 2.36. The highest BCUT2D eigenvalue weighted by Gasteiger charge is 2.44. The van der Waals surface area contributed by atoms with Gasteiger partial charge in [-0.1, -0.05) is 44.2 Å². The fourth-order valence-corrected chi connectivity index (χ4v) is 7.50. The zero-order chi connectivity index (χ0) is 31.6. The Morgan fingerprint density at radius 3 is 2.61 bits per heavy atom. The average Bonchev–Trinajstić information content (AvgIpc) is 3.67. The van der Waals surface area contributed by atoms with Crippen LogP contribution in [0.4, 0.5) is 10.5 Å². The summed E-state index contributed by atoms with van der Waals surface area (Å²) < 4.78 is 45.9. The van der Waals surface area contributed by atoms with Crippen LogP contribution in [0.15, 0.2) is 59.2 Å².